The van der Waals surface area contributed by atoms with Crippen LogP contribution in [0.3, 0.4) is 0 Å². The Morgan fingerprint density at radius 3 is 1.96 bits per heavy atom. The second-order valence-electron chi connectivity index (χ2n) is 7.04. The van der Waals surface area contributed by atoms with E-state index in [0.717, 1.165) is 15.6 Å². The summed E-state index contributed by atoms with van der Waals surface area (Å²) in [6.07, 6.45) is 0. The molecule has 0 heterocycles. The van der Waals surface area contributed by atoms with Crippen molar-refractivity contribution in [1.82, 2.24) is 0 Å². The fourth-order valence-electron chi connectivity index (χ4n) is 4.09. The molecule has 23 heavy (non-hydrogen) atoms. The van der Waals surface area contributed by atoms with Crippen LogP contribution in [0.15, 0.2) is 46.0 Å². The standard InChI is InChI=1S/C21H19BrO/c1-10(2)16-19-13-7-5-6-12-15(22)9-8-14(18(12)13)20(19)17(11(3)4)21(16)23/h5-11H,1-4H3. The predicted octanol–water partition coefficient (Wildman–Crippen LogP) is 6.02. The summed E-state index contributed by atoms with van der Waals surface area (Å²) >= 11 is 3.67. The predicted molar refractivity (Wildman–Crippen MR) is 100 cm³/mol. The number of carbonyl (C=O) groups is 1. The van der Waals surface area contributed by atoms with Gasteiger partial charge in [-0.25, -0.2) is 0 Å². The highest BCUT2D eigenvalue weighted by Crippen LogP contribution is 2.55. The minimum atomic E-state index is 0.233. The first-order valence-electron chi connectivity index (χ1n) is 8.18. The van der Waals surface area contributed by atoms with Gasteiger partial charge in [0.15, 0.2) is 5.78 Å². The Morgan fingerprint density at radius 1 is 0.826 bits per heavy atom. The summed E-state index contributed by atoms with van der Waals surface area (Å²) in [6.45, 7) is 8.50. The molecular formula is C21H19BrO. The van der Waals surface area contributed by atoms with E-state index in [1.165, 1.54) is 33.0 Å². The SMILES string of the molecule is CC(C)C1=C2C(=C(C(C)C)C1=O)c1ccc(Br)c3cccc2c13. The zero-order valence-corrected chi connectivity index (χ0v) is 15.4. The summed E-state index contributed by atoms with van der Waals surface area (Å²) < 4.78 is 1.11. The molecule has 0 N–H and O–H groups in total. The molecule has 2 aliphatic rings. The third kappa shape index (κ3) is 1.82. The first-order valence-corrected chi connectivity index (χ1v) is 8.98. The summed E-state index contributed by atoms with van der Waals surface area (Å²) in [5.74, 6) is 0.721. The number of fused-ring (bicyclic) bond motifs is 3. The Balaban J connectivity index is 2.21. The number of halogens is 1. The largest absolute Gasteiger partial charge is 0.289 e. The van der Waals surface area contributed by atoms with Crippen molar-refractivity contribution in [3.05, 3.63) is 57.1 Å². The van der Waals surface area contributed by atoms with Gasteiger partial charge in [0.2, 0.25) is 0 Å². The molecule has 0 radical (unpaired) electrons. The van der Waals surface area contributed by atoms with Gasteiger partial charge < -0.3 is 0 Å². The molecule has 2 aromatic rings. The molecule has 0 amide bonds. The third-order valence-electron chi connectivity index (χ3n) is 4.96. The molecule has 2 aliphatic carbocycles. The minimum Gasteiger partial charge on any atom is -0.289 e. The lowest BCUT2D eigenvalue weighted by atomic mass is 9.90. The zero-order valence-electron chi connectivity index (χ0n) is 13.8. The van der Waals surface area contributed by atoms with E-state index in [0.29, 0.717) is 0 Å². The van der Waals surface area contributed by atoms with Crippen LogP contribution in [0.25, 0.3) is 21.9 Å². The number of hydrogen-bond acceptors (Lipinski definition) is 1. The van der Waals surface area contributed by atoms with Gasteiger partial charge in [-0.15, -0.1) is 0 Å². The Bertz CT molecular complexity index is 901. The van der Waals surface area contributed by atoms with E-state index in [4.69, 9.17) is 0 Å². The van der Waals surface area contributed by atoms with Crippen molar-refractivity contribution in [2.75, 3.05) is 0 Å². The van der Waals surface area contributed by atoms with Gasteiger partial charge >= 0.3 is 0 Å². The molecule has 1 nitrogen and oxygen atoms in total. The van der Waals surface area contributed by atoms with Crippen molar-refractivity contribution in [3.8, 4) is 0 Å². The summed E-state index contributed by atoms with van der Waals surface area (Å²) in [7, 11) is 0. The van der Waals surface area contributed by atoms with E-state index >= 15 is 0 Å². The number of hydrogen-bond donors (Lipinski definition) is 0. The van der Waals surface area contributed by atoms with Crippen molar-refractivity contribution in [2.24, 2.45) is 11.8 Å². The highest BCUT2D eigenvalue weighted by atomic mass is 79.9. The Labute approximate surface area is 145 Å². The van der Waals surface area contributed by atoms with E-state index in [2.05, 4.69) is 74.0 Å². The third-order valence-corrected chi connectivity index (χ3v) is 5.65. The summed E-state index contributed by atoms with van der Waals surface area (Å²) in [6, 6.07) is 10.7. The lowest BCUT2D eigenvalue weighted by molar-refractivity contribution is -0.112. The van der Waals surface area contributed by atoms with Crippen molar-refractivity contribution in [1.29, 1.82) is 0 Å². The second kappa shape index (κ2) is 4.91. The average molecular weight is 367 g/mol. The maximum Gasteiger partial charge on any atom is 0.186 e. The molecule has 0 bridgehead atoms. The summed E-state index contributed by atoms with van der Waals surface area (Å²) in [4.78, 5) is 13.1. The van der Waals surface area contributed by atoms with Crippen LogP contribution in [0.2, 0.25) is 0 Å². The highest BCUT2D eigenvalue weighted by Gasteiger charge is 2.40. The van der Waals surface area contributed by atoms with Crippen LogP contribution in [0.4, 0.5) is 0 Å². The molecule has 2 aromatic carbocycles. The topological polar surface area (TPSA) is 17.1 Å². The van der Waals surface area contributed by atoms with Gasteiger partial charge in [-0.3, -0.25) is 4.79 Å². The van der Waals surface area contributed by atoms with Crippen molar-refractivity contribution in [3.63, 3.8) is 0 Å². The van der Waals surface area contributed by atoms with Gasteiger partial charge in [-0.05, 0) is 50.9 Å². The average Bonchev–Trinajstić information content (AvgIpc) is 2.96. The molecule has 2 heteroatoms. The van der Waals surface area contributed by atoms with Crippen LogP contribution in [0.1, 0.15) is 38.8 Å². The molecule has 0 atom stereocenters. The molecule has 0 unspecified atom stereocenters. The van der Waals surface area contributed by atoms with Gasteiger partial charge in [-0.1, -0.05) is 67.9 Å². The molecule has 4 rings (SSSR count). The second-order valence-corrected chi connectivity index (χ2v) is 7.89. The number of allylic oxidation sites excluding steroid dienone is 4. The number of Topliss-reactive ketones (excluding diaryl/α,β-unsaturated/α-hetero) is 1. The fourth-order valence-corrected chi connectivity index (χ4v) is 4.55. The Kier molecular flexibility index (Phi) is 3.18. The zero-order chi connectivity index (χ0) is 16.5. The number of carbonyl (C=O) groups excluding carboxylic acids is 1. The van der Waals surface area contributed by atoms with Crippen LogP contribution >= 0.6 is 15.9 Å². The summed E-state index contributed by atoms with van der Waals surface area (Å²) in [5, 5.41) is 2.52. The number of benzene rings is 2. The molecule has 0 saturated heterocycles. The molecule has 116 valence electrons. The van der Waals surface area contributed by atoms with Crippen LogP contribution in [0.5, 0.6) is 0 Å². The van der Waals surface area contributed by atoms with Crippen LogP contribution in [0, 0.1) is 11.8 Å². The number of ketones is 1. The van der Waals surface area contributed by atoms with Crippen molar-refractivity contribution < 1.29 is 4.79 Å². The van der Waals surface area contributed by atoms with Crippen LogP contribution in [-0.4, -0.2) is 5.78 Å². The lowest BCUT2D eigenvalue weighted by Gasteiger charge is -2.12. The van der Waals surface area contributed by atoms with E-state index in [1.807, 2.05) is 0 Å². The lowest BCUT2D eigenvalue weighted by Crippen LogP contribution is -2.12. The first kappa shape index (κ1) is 14.9. The Morgan fingerprint density at radius 2 is 1.39 bits per heavy atom. The van der Waals surface area contributed by atoms with Gasteiger partial charge in [-0.2, -0.15) is 0 Å². The quantitative estimate of drug-likeness (QED) is 0.635. The van der Waals surface area contributed by atoms with Gasteiger partial charge in [0.05, 0.1) is 0 Å². The highest BCUT2D eigenvalue weighted by molar-refractivity contribution is 9.10. The normalized spacial score (nSPS) is 16.6. The summed E-state index contributed by atoms with van der Waals surface area (Å²) in [5.41, 5.74) is 6.80. The molecule has 0 aliphatic heterocycles. The van der Waals surface area contributed by atoms with Gasteiger partial charge in [0.1, 0.15) is 0 Å². The van der Waals surface area contributed by atoms with E-state index in [-0.39, 0.29) is 17.6 Å². The van der Waals surface area contributed by atoms with E-state index in [9.17, 15) is 4.79 Å². The maximum atomic E-state index is 13.1. The maximum absolute atomic E-state index is 13.1. The monoisotopic (exact) mass is 366 g/mol. The van der Waals surface area contributed by atoms with Crippen molar-refractivity contribution in [2.45, 2.75) is 27.7 Å². The number of rotatable bonds is 2. The van der Waals surface area contributed by atoms with Crippen LogP contribution in [-0.2, 0) is 4.79 Å². The van der Waals surface area contributed by atoms with Crippen LogP contribution < -0.4 is 0 Å². The van der Waals surface area contributed by atoms with Crippen molar-refractivity contribution >= 4 is 43.6 Å². The fraction of sp³-hybridized carbons (Fsp3) is 0.286. The molecule has 0 fully saturated rings. The van der Waals surface area contributed by atoms with Gasteiger partial charge in [0, 0.05) is 15.6 Å². The first-order chi connectivity index (χ1) is 10.9. The van der Waals surface area contributed by atoms with E-state index in [1.54, 1.807) is 0 Å². The molecular weight excluding hydrogens is 348 g/mol. The van der Waals surface area contributed by atoms with E-state index < -0.39 is 0 Å². The molecule has 0 aromatic heterocycles. The van der Waals surface area contributed by atoms with Gasteiger partial charge in [0.25, 0.3) is 0 Å². The molecule has 0 spiro atoms. The Hall–Kier alpha value is -1.67. The minimum absolute atomic E-state index is 0.233. The molecule has 0 saturated carbocycles. The smallest absolute Gasteiger partial charge is 0.186 e.